The molecule has 0 aromatic carbocycles. The molecule has 3 N–H and O–H groups in total. The van der Waals surface area contributed by atoms with Gasteiger partial charge < -0.3 is 20.3 Å². The Morgan fingerprint density at radius 3 is 0.884 bits per heavy atom. The molecule has 69 heavy (non-hydrogen) atoms. The van der Waals surface area contributed by atoms with Crippen LogP contribution in [0, 0.1) is 0 Å². The average Bonchev–Trinajstić information content (AvgIpc) is 3.34. The molecule has 0 heterocycles. The third kappa shape index (κ3) is 53.0. The Morgan fingerprint density at radius 1 is 0.362 bits per heavy atom. The molecule has 412 valence electrons. The molecule has 0 spiro atoms. The van der Waals surface area contributed by atoms with Crippen molar-refractivity contribution in [3.63, 3.8) is 0 Å². The van der Waals surface area contributed by atoms with E-state index in [9.17, 15) is 19.8 Å². The quantitative estimate of drug-likeness (QED) is 0.0417. The van der Waals surface area contributed by atoms with Crippen molar-refractivity contribution < 1.29 is 24.5 Å². The first-order valence-electron chi connectivity index (χ1n) is 31.8. The first-order chi connectivity index (χ1) is 34.0. The van der Waals surface area contributed by atoms with Crippen LogP contribution in [0.4, 0.5) is 0 Å². The first kappa shape index (κ1) is 67.9. The minimum Gasteiger partial charge on any atom is -0.462 e. The predicted octanol–water partition coefficient (Wildman–Crippen LogP) is 19.9. The number of carbonyl (C=O) groups is 2. The fourth-order valence-electron chi connectivity index (χ4n) is 10.4. The number of amides is 1. The van der Waals surface area contributed by atoms with Gasteiger partial charge in [-0.3, -0.25) is 9.59 Å². The number of unbranched alkanes of at least 4 members (excludes halogenated alkanes) is 47. The lowest BCUT2D eigenvalue weighted by atomic mass is 10.0. The topological polar surface area (TPSA) is 95.9 Å². The first-order valence-corrected chi connectivity index (χ1v) is 31.8. The van der Waals surface area contributed by atoms with Gasteiger partial charge in [0.15, 0.2) is 0 Å². The Kier molecular flexibility index (Phi) is 56.8. The van der Waals surface area contributed by atoms with Gasteiger partial charge >= 0.3 is 5.97 Å². The highest BCUT2D eigenvalue weighted by atomic mass is 16.5. The van der Waals surface area contributed by atoms with Crippen LogP contribution in [0.25, 0.3) is 0 Å². The molecule has 0 radical (unpaired) electrons. The van der Waals surface area contributed by atoms with Crippen molar-refractivity contribution in [3.8, 4) is 0 Å². The van der Waals surface area contributed by atoms with Crippen LogP contribution in [0.2, 0.25) is 0 Å². The van der Waals surface area contributed by atoms with Gasteiger partial charge in [-0.25, -0.2) is 0 Å². The van der Waals surface area contributed by atoms with Gasteiger partial charge in [-0.1, -0.05) is 329 Å². The third-order valence-electron chi connectivity index (χ3n) is 15.2. The molecule has 0 saturated heterocycles. The molecular weight excluding hydrogens is 851 g/mol. The minimum absolute atomic E-state index is 0.0892. The van der Waals surface area contributed by atoms with Crippen LogP contribution >= 0.6 is 0 Å². The summed E-state index contributed by atoms with van der Waals surface area (Å²) >= 11 is 0. The van der Waals surface area contributed by atoms with Crippen LogP contribution in [0.5, 0.6) is 0 Å². The van der Waals surface area contributed by atoms with Crippen molar-refractivity contribution in [1.82, 2.24) is 5.32 Å². The average molecular weight is 977 g/mol. The standard InChI is InChI=1S/C63H125NO5/c1-4-7-10-13-16-19-22-25-28-30-32-35-38-41-44-47-50-53-56-63(68)69-59(54-51-48-45-42-39-36-34-31-29-26-23-20-17-14-11-8-5-2)57-62(67)64-60(58-65)61(66)55-52-49-46-43-40-37-33-27-24-21-18-15-12-9-6-3/h59-61,65-66H,4-58H2,1-3H3,(H,64,67). The van der Waals surface area contributed by atoms with Gasteiger partial charge in [0, 0.05) is 6.42 Å². The minimum atomic E-state index is -0.781. The molecule has 0 bridgehead atoms. The number of ether oxygens (including phenoxy) is 1. The number of hydrogen-bond donors (Lipinski definition) is 3. The number of hydrogen-bond acceptors (Lipinski definition) is 5. The van der Waals surface area contributed by atoms with Crippen molar-refractivity contribution >= 4 is 11.9 Å². The molecule has 0 aromatic heterocycles. The molecule has 6 heteroatoms. The summed E-state index contributed by atoms with van der Waals surface area (Å²) < 4.78 is 5.99. The van der Waals surface area contributed by atoms with E-state index >= 15 is 0 Å². The lowest BCUT2D eigenvalue weighted by Gasteiger charge is -2.24. The van der Waals surface area contributed by atoms with Crippen molar-refractivity contribution in [2.24, 2.45) is 0 Å². The fraction of sp³-hybridized carbons (Fsp3) is 0.968. The van der Waals surface area contributed by atoms with Gasteiger partial charge in [-0.15, -0.1) is 0 Å². The maximum atomic E-state index is 13.3. The highest BCUT2D eigenvalue weighted by molar-refractivity contribution is 5.77. The number of rotatable bonds is 59. The lowest BCUT2D eigenvalue weighted by molar-refractivity contribution is -0.151. The van der Waals surface area contributed by atoms with Gasteiger partial charge in [0.05, 0.1) is 25.2 Å². The zero-order valence-corrected chi connectivity index (χ0v) is 47.2. The van der Waals surface area contributed by atoms with E-state index in [1.807, 2.05) is 0 Å². The maximum absolute atomic E-state index is 13.3. The number of carbonyl (C=O) groups excluding carboxylic acids is 2. The van der Waals surface area contributed by atoms with Gasteiger partial charge in [-0.05, 0) is 25.7 Å². The normalized spacial score (nSPS) is 12.9. The third-order valence-corrected chi connectivity index (χ3v) is 15.2. The molecule has 0 aromatic rings. The zero-order valence-electron chi connectivity index (χ0n) is 47.2. The Labute approximate surface area is 432 Å². The molecule has 0 fully saturated rings. The second-order valence-electron chi connectivity index (χ2n) is 22.2. The van der Waals surface area contributed by atoms with E-state index < -0.39 is 18.2 Å². The zero-order chi connectivity index (χ0) is 50.2. The number of aliphatic hydroxyl groups excluding tert-OH is 2. The summed E-state index contributed by atoms with van der Waals surface area (Å²) in [7, 11) is 0. The van der Waals surface area contributed by atoms with Crippen LogP contribution in [0.1, 0.15) is 367 Å². The van der Waals surface area contributed by atoms with Crippen LogP contribution in [-0.4, -0.2) is 46.9 Å². The second kappa shape index (κ2) is 57.8. The van der Waals surface area contributed by atoms with E-state index in [2.05, 4.69) is 26.1 Å². The Hall–Kier alpha value is -1.14. The molecule has 0 aliphatic heterocycles. The SMILES string of the molecule is CCCCCCCCCCCCCCCCCCCCC(=O)OC(CCCCCCCCCCCCCCCCCCC)CC(=O)NC(CO)C(O)CCCCCCCCCCCCCCCCC. The van der Waals surface area contributed by atoms with E-state index in [4.69, 9.17) is 4.74 Å². The summed E-state index contributed by atoms with van der Waals surface area (Å²) in [4.78, 5) is 26.4. The predicted molar refractivity (Wildman–Crippen MR) is 301 cm³/mol. The Balaban J connectivity index is 4.47. The van der Waals surface area contributed by atoms with Gasteiger partial charge in [0.25, 0.3) is 0 Å². The van der Waals surface area contributed by atoms with Crippen molar-refractivity contribution in [1.29, 1.82) is 0 Å². The van der Waals surface area contributed by atoms with E-state index in [0.29, 0.717) is 19.3 Å². The monoisotopic (exact) mass is 976 g/mol. The summed E-state index contributed by atoms with van der Waals surface area (Å²) in [5, 5.41) is 24.0. The molecule has 0 aliphatic carbocycles. The van der Waals surface area contributed by atoms with Crippen LogP contribution in [-0.2, 0) is 14.3 Å². The molecule has 0 rings (SSSR count). The number of aliphatic hydroxyl groups is 2. The Bertz CT molecular complexity index is 1010. The Morgan fingerprint density at radius 2 is 0.609 bits per heavy atom. The molecule has 0 saturated carbocycles. The number of nitrogens with one attached hydrogen (secondary N) is 1. The highest BCUT2D eigenvalue weighted by Gasteiger charge is 2.24. The fourth-order valence-corrected chi connectivity index (χ4v) is 10.4. The summed E-state index contributed by atoms with van der Waals surface area (Å²) in [5.74, 6) is -0.439. The van der Waals surface area contributed by atoms with E-state index in [0.717, 1.165) is 38.5 Å². The number of esters is 1. The molecule has 3 atom stereocenters. The summed E-state index contributed by atoms with van der Waals surface area (Å²) in [6.45, 7) is 6.56. The van der Waals surface area contributed by atoms with Crippen LogP contribution < -0.4 is 5.32 Å². The summed E-state index contributed by atoms with van der Waals surface area (Å²) in [5.41, 5.74) is 0. The molecule has 0 aliphatic rings. The van der Waals surface area contributed by atoms with Gasteiger partial charge in [-0.2, -0.15) is 0 Å². The molecule has 6 nitrogen and oxygen atoms in total. The molecule has 3 unspecified atom stereocenters. The van der Waals surface area contributed by atoms with Crippen LogP contribution in [0.3, 0.4) is 0 Å². The smallest absolute Gasteiger partial charge is 0.306 e. The van der Waals surface area contributed by atoms with Crippen molar-refractivity contribution in [3.05, 3.63) is 0 Å². The van der Waals surface area contributed by atoms with Crippen LogP contribution in [0.15, 0.2) is 0 Å². The van der Waals surface area contributed by atoms with E-state index in [1.54, 1.807) is 0 Å². The highest BCUT2D eigenvalue weighted by Crippen LogP contribution is 2.20. The molecule has 1 amide bonds. The van der Waals surface area contributed by atoms with Gasteiger partial charge in [0.1, 0.15) is 6.10 Å². The molecular formula is C63H125NO5. The van der Waals surface area contributed by atoms with Crippen molar-refractivity contribution in [2.75, 3.05) is 6.61 Å². The summed E-state index contributed by atoms with van der Waals surface area (Å²) in [6, 6.07) is -0.694. The summed E-state index contributed by atoms with van der Waals surface area (Å²) in [6.07, 6.45) is 66.1. The lowest BCUT2D eigenvalue weighted by Crippen LogP contribution is -2.46. The van der Waals surface area contributed by atoms with E-state index in [1.165, 1.54) is 283 Å². The van der Waals surface area contributed by atoms with Gasteiger partial charge in [0.2, 0.25) is 5.91 Å². The maximum Gasteiger partial charge on any atom is 0.306 e. The largest absolute Gasteiger partial charge is 0.462 e. The second-order valence-corrected chi connectivity index (χ2v) is 22.2. The van der Waals surface area contributed by atoms with Crippen molar-refractivity contribution in [2.45, 2.75) is 386 Å². The van der Waals surface area contributed by atoms with E-state index in [-0.39, 0.29) is 24.9 Å².